The summed E-state index contributed by atoms with van der Waals surface area (Å²) in [4.78, 5) is 0. The molecule has 2 heteroatoms. The second-order valence-electron chi connectivity index (χ2n) is 0. The van der Waals surface area contributed by atoms with Gasteiger partial charge in [0.2, 0.25) is 0 Å². The quantitative estimate of drug-likeness (QED) is 0.311. The predicted octanol–water partition coefficient (Wildman–Crippen LogP) is 0.704. The normalized spacial score (nSPS) is 1.00. The molecular formula is C2H5NV. The van der Waals surface area contributed by atoms with Crippen LogP contribution in [0.3, 0.4) is 0 Å². The van der Waals surface area contributed by atoms with E-state index in [9.17, 15) is 0 Å². The van der Waals surface area contributed by atoms with E-state index in [1.807, 2.05) is 0 Å². The van der Waals surface area contributed by atoms with Gasteiger partial charge < -0.3 is 12.8 Å². The Morgan fingerprint density at radius 3 is 1.25 bits per heavy atom. The van der Waals surface area contributed by atoms with Crippen LogP contribution in [0.25, 0.3) is 5.41 Å². The van der Waals surface area contributed by atoms with Crippen LogP contribution < -0.4 is 0 Å². The third kappa shape index (κ3) is 54.8. The van der Waals surface area contributed by atoms with Gasteiger partial charge in [0.15, 0.2) is 0 Å². The second kappa shape index (κ2) is 256. The van der Waals surface area contributed by atoms with Crippen LogP contribution >= 0.6 is 0 Å². The number of hydrogen-bond donors (Lipinski definition) is 0. The Bertz CT molecular complexity index is 6.00. The van der Waals surface area contributed by atoms with Gasteiger partial charge in [-0.25, -0.2) is 6.72 Å². The van der Waals surface area contributed by atoms with E-state index in [0.717, 1.165) is 0 Å². The summed E-state index contributed by atoms with van der Waals surface area (Å²) in [6.45, 7) is 2.25. The molecule has 0 aromatic rings. The van der Waals surface area contributed by atoms with Gasteiger partial charge in [0.25, 0.3) is 0 Å². The molecule has 0 heterocycles. The predicted molar refractivity (Wildman–Crippen MR) is 16.9 cm³/mol. The molecule has 23 valence electrons. The average molecular weight is 94.0 g/mol. The molecule has 1 radical (unpaired) electrons. The maximum absolute atomic E-state index is 6.75. The smallest absolute Gasteiger partial charge is 0.817 e. The standard InChI is InChI=1S/CH2N.CH3.V/c1-2;;/h1H2;1H3;/q2*-1;+2. The maximum Gasteiger partial charge on any atom is 2.00 e. The maximum atomic E-state index is 6.75. The van der Waals surface area contributed by atoms with Crippen LogP contribution in [0.2, 0.25) is 0 Å². The van der Waals surface area contributed by atoms with Gasteiger partial charge in [-0.1, -0.05) is 0 Å². The molecular weight excluding hydrogens is 89.0 g/mol. The Morgan fingerprint density at radius 1 is 1.25 bits per heavy atom. The average Bonchev–Trinajstić information content (AvgIpc) is 1.00. The molecule has 0 aliphatic heterocycles. The van der Waals surface area contributed by atoms with Crippen LogP contribution in [0.5, 0.6) is 0 Å². The van der Waals surface area contributed by atoms with Crippen LogP contribution in [0, 0.1) is 7.43 Å². The van der Waals surface area contributed by atoms with E-state index in [2.05, 4.69) is 6.72 Å². The molecule has 1 nitrogen and oxygen atoms in total. The molecule has 0 atom stereocenters. The largest absolute Gasteiger partial charge is 2.00 e. The van der Waals surface area contributed by atoms with Crippen molar-refractivity contribution in [1.82, 2.24) is 0 Å². The summed E-state index contributed by atoms with van der Waals surface area (Å²) in [6.07, 6.45) is 0. The zero-order valence-corrected chi connectivity index (χ0v) is 4.00. The van der Waals surface area contributed by atoms with Crippen molar-refractivity contribution in [2.45, 2.75) is 0 Å². The molecule has 0 bridgehead atoms. The van der Waals surface area contributed by atoms with Gasteiger partial charge in [0, 0.05) is 0 Å². The summed E-state index contributed by atoms with van der Waals surface area (Å²) in [6, 6.07) is 0. The Morgan fingerprint density at radius 2 is 1.25 bits per heavy atom. The van der Waals surface area contributed by atoms with Crippen molar-refractivity contribution in [2.75, 3.05) is 0 Å². The summed E-state index contributed by atoms with van der Waals surface area (Å²) in [7, 11) is 0. The number of nitrogens with zero attached hydrogens (tertiary/aromatic N) is 1. The van der Waals surface area contributed by atoms with Crippen LogP contribution in [0.15, 0.2) is 0 Å². The van der Waals surface area contributed by atoms with Gasteiger partial charge in [-0.2, -0.15) is 0 Å². The third-order valence-corrected chi connectivity index (χ3v) is 0. The second-order valence-corrected chi connectivity index (χ2v) is 0. The van der Waals surface area contributed by atoms with E-state index >= 15 is 0 Å². The fraction of sp³-hybridized carbons (Fsp3) is 0. The molecule has 0 amide bonds. The summed E-state index contributed by atoms with van der Waals surface area (Å²) in [5.41, 5.74) is 0. The van der Waals surface area contributed by atoms with Crippen molar-refractivity contribution in [3.63, 3.8) is 0 Å². The zero-order chi connectivity index (χ0) is 2.00. The van der Waals surface area contributed by atoms with Crippen LogP contribution in [0.4, 0.5) is 0 Å². The van der Waals surface area contributed by atoms with E-state index < -0.39 is 0 Å². The third-order valence-electron chi connectivity index (χ3n) is 0. The van der Waals surface area contributed by atoms with Crippen molar-refractivity contribution in [3.05, 3.63) is 12.8 Å². The van der Waals surface area contributed by atoms with Crippen molar-refractivity contribution in [1.29, 1.82) is 0 Å². The van der Waals surface area contributed by atoms with Crippen molar-refractivity contribution >= 4 is 6.72 Å². The van der Waals surface area contributed by atoms with E-state index in [4.69, 9.17) is 5.41 Å². The number of rotatable bonds is 0. The first-order valence-electron chi connectivity index (χ1n) is 0.316. The van der Waals surface area contributed by atoms with E-state index in [-0.39, 0.29) is 26.0 Å². The first-order chi connectivity index (χ1) is 1.00. The summed E-state index contributed by atoms with van der Waals surface area (Å²) in [5.74, 6) is 0. The molecule has 0 aromatic heterocycles. The molecule has 0 saturated heterocycles. The molecule has 0 spiro atoms. The molecule has 0 aliphatic carbocycles. The number of hydrogen-bond acceptors (Lipinski definition) is 0. The van der Waals surface area contributed by atoms with E-state index in [0.29, 0.717) is 0 Å². The molecule has 0 aromatic carbocycles. The van der Waals surface area contributed by atoms with Crippen LogP contribution in [-0.2, 0) is 18.6 Å². The van der Waals surface area contributed by atoms with E-state index in [1.165, 1.54) is 0 Å². The summed E-state index contributed by atoms with van der Waals surface area (Å²) in [5, 5.41) is 6.75. The van der Waals surface area contributed by atoms with Crippen LogP contribution in [0.1, 0.15) is 0 Å². The Balaban J connectivity index is -0.00000000500. The van der Waals surface area contributed by atoms with E-state index in [1.54, 1.807) is 0 Å². The van der Waals surface area contributed by atoms with Crippen molar-refractivity contribution < 1.29 is 18.6 Å². The summed E-state index contributed by atoms with van der Waals surface area (Å²) < 4.78 is 0. The topological polar surface area (TPSA) is 22.3 Å². The monoisotopic (exact) mass is 94.0 g/mol. The van der Waals surface area contributed by atoms with Gasteiger partial charge >= 0.3 is 18.6 Å². The minimum atomic E-state index is 0. The Hall–Kier alpha value is 0.254. The SMILES string of the molecule is C=[N-].[CH3-].[V+2]. The minimum absolute atomic E-state index is 0. The molecule has 4 heavy (non-hydrogen) atoms. The molecule has 0 rings (SSSR count). The Labute approximate surface area is 38.8 Å². The van der Waals surface area contributed by atoms with Gasteiger partial charge in [0.1, 0.15) is 0 Å². The molecule has 0 unspecified atom stereocenters. The van der Waals surface area contributed by atoms with Crippen molar-refractivity contribution in [3.8, 4) is 0 Å². The van der Waals surface area contributed by atoms with Gasteiger partial charge in [0.05, 0.1) is 0 Å². The fourth-order valence-electron chi connectivity index (χ4n) is 0. The fourth-order valence-corrected chi connectivity index (χ4v) is 0. The first kappa shape index (κ1) is 28.6. The zero-order valence-electron chi connectivity index (χ0n) is 2.60. The Kier molecular flexibility index (Phi) is 1830. The molecule has 0 saturated carbocycles. The summed E-state index contributed by atoms with van der Waals surface area (Å²) >= 11 is 0. The minimum Gasteiger partial charge on any atom is -0.817 e. The van der Waals surface area contributed by atoms with Gasteiger partial charge in [-0.3, -0.25) is 0 Å². The molecule has 0 fully saturated rings. The first-order valence-corrected chi connectivity index (χ1v) is 0.316. The van der Waals surface area contributed by atoms with Gasteiger partial charge in [-0.15, -0.1) is 0 Å². The molecule has 0 aliphatic rings. The molecule has 0 N–H and O–H groups in total. The van der Waals surface area contributed by atoms with Crippen molar-refractivity contribution in [2.24, 2.45) is 0 Å². The van der Waals surface area contributed by atoms with Gasteiger partial charge in [-0.05, 0) is 0 Å². The van der Waals surface area contributed by atoms with Crippen LogP contribution in [-0.4, -0.2) is 6.72 Å².